The van der Waals surface area contributed by atoms with Crippen molar-refractivity contribution in [2.24, 2.45) is 5.73 Å². The van der Waals surface area contributed by atoms with Gasteiger partial charge in [0, 0.05) is 6.08 Å². The average molecular weight is 334 g/mol. The van der Waals surface area contributed by atoms with Gasteiger partial charge in [-0.25, -0.2) is 0 Å². The van der Waals surface area contributed by atoms with E-state index in [1.54, 1.807) is 6.08 Å². The van der Waals surface area contributed by atoms with Crippen molar-refractivity contribution in [1.29, 1.82) is 0 Å². The van der Waals surface area contributed by atoms with Gasteiger partial charge in [-0.2, -0.15) is 0 Å². The molecule has 0 spiro atoms. The molecule has 2 N–H and O–H groups in total. The molecular formula is C22H39NO. The summed E-state index contributed by atoms with van der Waals surface area (Å²) in [7, 11) is 0. The van der Waals surface area contributed by atoms with Crippen molar-refractivity contribution in [3.8, 4) is 0 Å². The van der Waals surface area contributed by atoms with Crippen molar-refractivity contribution in [2.75, 3.05) is 0 Å². The third-order valence-electron chi connectivity index (χ3n) is 4.20. The summed E-state index contributed by atoms with van der Waals surface area (Å²) in [6.07, 6.45) is 30.3. The zero-order chi connectivity index (χ0) is 17.7. The van der Waals surface area contributed by atoms with Crippen LogP contribution < -0.4 is 5.73 Å². The molecule has 0 rings (SSSR count). The van der Waals surface area contributed by atoms with Gasteiger partial charge < -0.3 is 5.73 Å². The zero-order valence-corrected chi connectivity index (χ0v) is 15.8. The van der Waals surface area contributed by atoms with E-state index in [2.05, 4.69) is 13.0 Å². The van der Waals surface area contributed by atoms with E-state index in [9.17, 15) is 4.79 Å². The third-order valence-corrected chi connectivity index (χ3v) is 4.20. The highest BCUT2D eigenvalue weighted by Crippen LogP contribution is 2.12. The van der Waals surface area contributed by atoms with Crippen LogP contribution in [0.5, 0.6) is 0 Å². The maximum atomic E-state index is 10.5. The van der Waals surface area contributed by atoms with Gasteiger partial charge in [-0.05, 0) is 12.8 Å². The first-order valence-corrected chi connectivity index (χ1v) is 10.1. The molecule has 2 heteroatoms. The molecular weight excluding hydrogens is 294 g/mol. The monoisotopic (exact) mass is 333 g/mol. The first-order valence-electron chi connectivity index (χ1n) is 10.1. The van der Waals surface area contributed by atoms with Gasteiger partial charge in [-0.3, -0.25) is 4.79 Å². The van der Waals surface area contributed by atoms with E-state index in [0.29, 0.717) is 0 Å². The van der Waals surface area contributed by atoms with Crippen LogP contribution in [0.1, 0.15) is 96.8 Å². The molecule has 24 heavy (non-hydrogen) atoms. The van der Waals surface area contributed by atoms with Gasteiger partial charge in [0.1, 0.15) is 0 Å². The van der Waals surface area contributed by atoms with Crippen LogP contribution in [0.3, 0.4) is 0 Å². The smallest absolute Gasteiger partial charge is 0.241 e. The average Bonchev–Trinajstić information content (AvgIpc) is 2.56. The molecule has 0 aromatic heterocycles. The SMILES string of the molecule is CCCCCCCCCCCCCCCC=CC=CC=CC(N)=O. The fraction of sp³-hybridized carbons (Fsp3) is 0.682. The number of rotatable bonds is 17. The number of primary amides is 1. The van der Waals surface area contributed by atoms with Crippen LogP contribution in [0.15, 0.2) is 36.5 Å². The number of carbonyl (C=O) groups is 1. The van der Waals surface area contributed by atoms with Gasteiger partial charge >= 0.3 is 0 Å². The Balaban J connectivity index is 3.18. The van der Waals surface area contributed by atoms with E-state index in [0.717, 1.165) is 6.42 Å². The fourth-order valence-electron chi connectivity index (χ4n) is 2.73. The molecule has 1 amide bonds. The second-order valence-electron chi connectivity index (χ2n) is 6.61. The van der Waals surface area contributed by atoms with Gasteiger partial charge in [0.2, 0.25) is 5.91 Å². The number of unbranched alkanes of at least 4 members (excludes halogenated alkanes) is 13. The van der Waals surface area contributed by atoms with Crippen LogP contribution in [0, 0.1) is 0 Å². The predicted molar refractivity (Wildman–Crippen MR) is 107 cm³/mol. The molecule has 0 fully saturated rings. The summed E-state index contributed by atoms with van der Waals surface area (Å²) >= 11 is 0. The van der Waals surface area contributed by atoms with Crippen molar-refractivity contribution in [3.63, 3.8) is 0 Å². The van der Waals surface area contributed by atoms with Crippen molar-refractivity contribution in [1.82, 2.24) is 0 Å². The summed E-state index contributed by atoms with van der Waals surface area (Å²) in [6.45, 7) is 2.28. The van der Waals surface area contributed by atoms with Crippen molar-refractivity contribution >= 4 is 5.91 Å². The lowest BCUT2D eigenvalue weighted by Gasteiger charge is -2.02. The van der Waals surface area contributed by atoms with Crippen molar-refractivity contribution in [2.45, 2.75) is 96.8 Å². The maximum absolute atomic E-state index is 10.5. The second kappa shape index (κ2) is 19.7. The molecule has 0 saturated heterocycles. The highest BCUT2D eigenvalue weighted by Gasteiger charge is 1.93. The van der Waals surface area contributed by atoms with Crippen LogP contribution >= 0.6 is 0 Å². The lowest BCUT2D eigenvalue weighted by Crippen LogP contribution is -2.04. The Morgan fingerprint density at radius 1 is 0.667 bits per heavy atom. The number of allylic oxidation sites excluding steroid dienone is 5. The number of carbonyl (C=O) groups excluding carboxylic acids is 1. The molecule has 0 unspecified atom stereocenters. The predicted octanol–water partition coefficient (Wildman–Crippen LogP) is 6.62. The van der Waals surface area contributed by atoms with E-state index in [1.165, 1.54) is 89.5 Å². The molecule has 138 valence electrons. The lowest BCUT2D eigenvalue weighted by molar-refractivity contribution is -0.113. The number of nitrogens with two attached hydrogens (primary N) is 1. The summed E-state index contributed by atoms with van der Waals surface area (Å²) in [5.41, 5.74) is 4.99. The van der Waals surface area contributed by atoms with E-state index in [-0.39, 0.29) is 0 Å². The molecule has 0 atom stereocenters. The van der Waals surface area contributed by atoms with Gasteiger partial charge in [0.05, 0.1) is 0 Å². The molecule has 0 aromatic carbocycles. The van der Waals surface area contributed by atoms with Crippen LogP contribution in [0.4, 0.5) is 0 Å². The number of amides is 1. The molecule has 2 nitrogen and oxygen atoms in total. The second-order valence-corrected chi connectivity index (χ2v) is 6.61. The normalized spacial score (nSPS) is 12.0. The Labute approximate surface area is 150 Å². The highest BCUT2D eigenvalue weighted by molar-refractivity contribution is 5.85. The molecule has 0 bridgehead atoms. The summed E-state index contributed by atoms with van der Waals surface area (Å²) in [4.78, 5) is 10.5. The standard InChI is InChI=1S/C22H39NO/c1-2-3-4-5-6-7-8-9-10-11-12-13-14-15-16-17-18-19-20-21-22(23)24/h16-21H,2-15H2,1H3,(H2,23,24). The Morgan fingerprint density at radius 3 is 1.62 bits per heavy atom. The van der Waals surface area contributed by atoms with E-state index >= 15 is 0 Å². The summed E-state index contributed by atoms with van der Waals surface area (Å²) in [5, 5.41) is 0. The lowest BCUT2D eigenvalue weighted by atomic mass is 10.0. The topological polar surface area (TPSA) is 43.1 Å². The van der Waals surface area contributed by atoms with E-state index < -0.39 is 5.91 Å². The highest BCUT2D eigenvalue weighted by atomic mass is 16.1. The van der Waals surface area contributed by atoms with Gasteiger partial charge in [0.15, 0.2) is 0 Å². The zero-order valence-electron chi connectivity index (χ0n) is 15.8. The van der Waals surface area contributed by atoms with Crippen LogP contribution in [0.25, 0.3) is 0 Å². The van der Waals surface area contributed by atoms with Crippen LogP contribution in [-0.4, -0.2) is 5.91 Å². The summed E-state index contributed by atoms with van der Waals surface area (Å²) in [5.74, 6) is -0.407. The van der Waals surface area contributed by atoms with E-state index in [1.807, 2.05) is 18.2 Å². The minimum Gasteiger partial charge on any atom is -0.366 e. The molecule has 0 aliphatic heterocycles. The molecule has 0 saturated carbocycles. The quantitative estimate of drug-likeness (QED) is 0.181. The molecule has 0 aliphatic rings. The summed E-state index contributed by atoms with van der Waals surface area (Å²) < 4.78 is 0. The maximum Gasteiger partial charge on any atom is 0.241 e. The Hall–Kier alpha value is -1.31. The van der Waals surface area contributed by atoms with E-state index in [4.69, 9.17) is 5.73 Å². The van der Waals surface area contributed by atoms with Crippen LogP contribution in [0.2, 0.25) is 0 Å². The van der Waals surface area contributed by atoms with Gasteiger partial charge in [-0.15, -0.1) is 0 Å². The first-order chi connectivity index (χ1) is 11.8. The molecule has 0 heterocycles. The summed E-state index contributed by atoms with van der Waals surface area (Å²) in [6, 6.07) is 0. The largest absolute Gasteiger partial charge is 0.366 e. The third kappa shape index (κ3) is 20.7. The van der Waals surface area contributed by atoms with Crippen molar-refractivity contribution < 1.29 is 4.79 Å². The van der Waals surface area contributed by atoms with Gasteiger partial charge in [-0.1, -0.05) is 114 Å². The van der Waals surface area contributed by atoms with Crippen molar-refractivity contribution in [3.05, 3.63) is 36.5 Å². The first kappa shape index (κ1) is 22.7. The Kier molecular flexibility index (Phi) is 18.7. The molecule has 0 radical (unpaired) electrons. The molecule has 0 aliphatic carbocycles. The molecule has 0 aromatic rings. The number of hydrogen-bond acceptors (Lipinski definition) is 1. The minimum atomic E-state index is -0.407. The minimum absolute atomic E-state index is 0.407. The Morgan fingerprint density at radius 2 is 1.12 bits per heavy atom. The van der Waals surface area contributed by atoms with Gasteiger partial charge in [0.25, 0.3) is 0 Å². The number of hydrogen-bond donors (Lipinski definition) is 1. The fourth-order valence-corrected chi connectivity index (χ4v) is 2.73. The van der Waals surface area contributed by atoms with Crippen LogP contribution in [-0.2, 0) is 4.79 Å². The Bertz CT molecular complexity index is 355.